The van der Waals surface area contributed by atoms with Crippen LogP contribution in [0.5, 0.6) is 0 Å². The zero-order valence-electron chi connectivity index (χ0n) is 12.6. The fourth-order valence-electron chi connectivity index (χ4n) is 2.82. The van der Waals surface area contributed by atoms with Crippen LogP contribution in [0.15, 0.2) is 39.6 Å². The Morgan fingerprint density at radius 2 is 2.18 bits per heavy atom. The summed E-state index contributed by atoms with van der Waals surface area (Å²) in [5, 5.41) is 0.501. The lowest BCUT2D eigenvalue weighted by Gasteiger charge is -2.13. The Kier molecular flexibility index (Phi) is 4.09. The monoisotopic (exact) mass is 298 g/mol. The Labute approximate surface area is 128 Å². The van der Waals surface area contributed by atoms with Gasteiger partial charge in [-0.15, -0.1) is 0 Å². The molecule has 0 amide bonds. The van der Waals surface area contributed by atoms with Gasteiger partial charge in [-0.2, -0.15) is 0 Å². The van der Waals surface area contributed by atoms with E-state index in [9.17, 15) is 9.59 Å². The number of ether oxygens (including phenoxy) is 1. The van der Waals surface area contributed by atoms with Gasteiger partial charge >= 0.3 is 5.97 Å². The minimum Gasteiger partial charge on any atom is -0.469 e. The standard InChI is InChI=1S/C18H18O4/c1-21-17(20)10-13-8-5-9-14-15(19)11-16(22-18(13)14)12-6-3-2-4-7-12/h5-6,8-9,11H,2-4,7,10H2,1H3. The van der Waals surface area contributed by atoms with Gasteiger partial charge in [0.05, 0.1) is 18.9 Å². The molecule has 114 valence electrons. The Bertz CT molecular complexity index is 798. The second kappa shape index (κ2) is 6.18. The quantitative estimate of drug-likeness (QED) is 0.814. The second-order valence-electron chi connectivity index (χ2n) is 5.50. The van der Waals surface area contributed by atoms with Crippen LogP contribution in [-0.2, 0) is 16.0 Å². The minimum atomic E-state index is -0.350. The van der Waals surface area contributed by atoms with E-state index in [0.717, 1.165) is 24.8 Å². The first-order valence-electron chi connectivity index (χ1n) is 7.51. The minimum absolute atomic E-state index is 0.0746. The summed E-state index contributed by atoms with van der Waals surface area (Å²) in [7, 11) is 1.35. The molecule has 1 aromatic carbocycles. The van der Waals surface area contributed by atoms with Gasteiger partial charge in [0.2, 0.25) is 0 Å². The zero-order valence-corrected chi connectivity index (χ0v) is 12.6. The van der Waals surface area contributed by atoms with E-state index in [1.54, 1.807) is 24.3 Å². The first-order chi connectivity index (χ1) is 10.7. The number of fused-ring (bicyclic) bond motifs is 1. The molecule has 1 aromatic heterocycles. The van der Waals surface area contributed by atoms with Gasteiger partial charge in [0.25, 0.3) is 0 Å². The SMILES string of the molecule is COC(=O)Cc1cccc2c(=O)cc(C3=CCCCC3)oc12. The van der Waals surface area contributed by atoms with Crippen molar-refractivity contribution in [3.8, 4) is 0 Å². The number of para-hydroxylation sites is 1. The molecule has 0 saturated heterocycles. The summed E-state index contributed by atoms with van der Waals surface area (Å²) in [6.45, 7) is 0. The number of methoxy groups -OCH3 is 1. The van der Waals surface area contributed by atoms with Crippen molar-refractivity contribution in [2.75, 3.05) is 7.11 Å². The van der Waals surface area contributed by atoms with Crippen molar-refractivity contribution in [1.82, 2.24) is 0 Å². The van der Waals surface area contributed by atoms with E-state index in [1.165, 1.54) is 13.5 Å². The van der Waals surface area contributed by atoms with Crippen LogP contribution in [0, 0.1) is 0 Å². The molecule has 0 atom stereocenters. The smallest absolute Gasteiger partial charge is 0.310 e. The molecular weight excluding hydrogens is 280 g/mol. The summed E-state index contributed by atoms with van der Waals surface area (Å²) in [6.07, 6.45) is 6.45. The molecule has 0 N–H and O–H groups in total. The largest absolute Gasteiger partial charge is 0.469 e. The van der Waals surface area contributed by atoms with Crippen LogP contribution in [0.3, 0.4) is 0 Å². The van der Waals surface area contributed by atoms with Gasteiger partial charge in [0.1, 0.15) is 11.3 Å². The third-order valence-electron chi connectivity index (χ3n) is 4.01. The van der Waals surface area contributed by atoms with Crippen LogP contribution in [0.1, 0.15) is 37.0 Å². The normalized spacial score (nSPS) is 14.7. The number of carbonyl (C=O) groups excluding carboxylic acids is 1. The average molecular weight is 298 g/mol. The number of allylic oxidation sites excluding steroid dienone is 2. The number of rotatable bonds is 3. The Morgan fingerprint density at radius 3 is 2.91 bits per heavy atom. The Hall–Kier alpha value is -2.36. The maximum Gasteiger partial charge on any atom is 0.310 e. The molecule has 3 rings (SSSR count). The van der Waals surface area contributed by atoms with Gasteiger partial charge in [-0.05, 0) is 37.3 Å². The van der Waals surface area contributed by atoms with Gasteiger partial charge in [-0.3, -0.25) is 9.59 Å². The molecule has 0 fully saturated rings. The Balaban J connectivity index is 2.14. The molecule has 0 saturated carbocycles. The lowest BCUT2D eigenvalue weighted by Crippen LogP contribution is -2.08. The third kappa shape index (κ3) is 2.82. The van der Waals surface area contributed by atoms with Gasteiger partial charge in [0.15, 0.2) is 5.43 Å². The van der Waals surface area contributed by atoms with Crippen molar-refractivity contribution in [3.05, 3.63) is 51.9 Å². The predicted octanol–water partition coefficient (Wildman–Crippen LogP) is 3.47. The molecule has 4 heteroatoms. The van der Waals surface area contributed by atoms with Crippen molar-refractivity contribution < 1.29 is 13.9 Å². The van der Waals surface area contributed by atoms with Crippen LogP contribution in [0.4, 0.5) is 0 Å². The fraction of sp³-hybridized carbons (Fsp3) is 0.333. The summed E-state index contributed by atoms with van der Waals surface area (Å²) in [6, 6.07) is 6.83. The first kappa shape index (κ1) is 14.6. The highest BCUT2D eigenvalue weighted by molar-refractivity contribution is 5.85. The van der Waals surface area contributed by atoms with E-state index in [0.29, 0.717) is 22.3 Å². The van der Waals surface area contributed by atoms with Crippen molar-refractivity contribution in [1.29, 1.82) is 0 Å². The van der Waals surface area contributed by atoms with Crippen molar-refractivity contribution in [2.45, 2.75) is 32.1 Å². The number of hydrogen-bond acceptors (Lipinski definition) is 4. The molecule has 2 aromatic rings. The predicted molar refractivity (Wildman–Crippen MR) is 84.6 cm³/mol. The summed E-state index contributed by atoms with van der Waals surface area (Å²) in [5.74, 6) is 0.270. The number of carbonyl (C=O) groups is 1. The molecule has 1 aliphatic rings. The molecule has 0 spiro atoms. The van der Waals surface area contributed by atoms with Crippen LogP contribution in [0.2, 0.25) is 0 Å². The van der Waals surface area contributed by atoms with Crippen molar-refractivity contribution >= 4 is 22.5 Å². The van der Waals surface area contributed by atoms with E-state index in [2.05, 4.69) is 6.08 Å². The zero-order chi connectivity index (χ0) is 15.5. The van der Waals surface area contributed by atoms with Crippen LogP contribution in [0.25, 0.3) is 16.5 Å². The van der Waals surface area contributed by atoms with E-state index >= 15 is 0 Å². The molecular formula is C18H18O4. The molecule has 0 aliphatic heterocycles. The molecule has 0 radical (unpaired) electrons. The van der Waals surface area contributed by atoms with Gasteiger partial charge in [-0.1, -0.05) is 18.2 Å². The lowest BCUT2D eigenvalue weighted by molar-refractivity contribution is -0.139. The van der Waals surface area contributed by atoms with Crippen molar-refractivity contribution in [2.24, 2.45) is 0 Å². The summed E-state index contributed by atoms with van der Waals surface area (Å²) in [4.78, 5) is 23.9. The molecule has 1 aliphatic carbocycles. The lowest BCUT2D eigenvalue weighted by atomic mass is 9.97. The van der Waals surface area contributed by atoms with Crippen LogP contribution >= 0.6 is 0 Å². The van der Waals surface area contributed by atoms with Crippen LogP contribution < -0.4 is 5.43 Å². The van der Waals surface area contributed by atoms with E-state index in [1.807, 2.05) is 0 Å². The van der Waals surface area contributed by atoms with Crippen molar-refractivity contribution in [3.63, 3.8) is 0 Å². The number of esters is 1. The molecule has 22 heavy (non-hydrogen) atoms. The van der Waals surface area contributed by atoms with Crippen LogP contribution in [-0.4, -0.2) is 13.1 Å². The molecule has 0 bridgehead atoms. The highest BCUT2D eigenvalue weighted by Gasteiger charge is 2.15. The van der Waals surface area contributed by atoms with Gasteiger partial charge in [-0.25, -0.2) is 0 Å². The summed E-state index contributed by atoms with van der Waals surface area (Å²) >= 11 is 0. The fourth-order valence-corrected chi connectivity index (χ4v) is 2.82. The topological polar surface area (TPSA) is 56.5 Å². The summed E-state index contributed by atoms with van der Waals surface area (Å²) in [5.41, 5.74) is 2.18. The highest BCUT2D eigenvalue weighted by atomic mass is 16.5. The second-order valence-corrected chi connectivity index (χ2v) is 5.50. The Morgan fingerprint density at radius 1 is 1.32 bits per heavy atom. The number of hydrogen-bond donors (Lipinski definition) is 0. The maximum atomic E-state index is 12.3. The van der Waals surface area contributed by atoms with E-state index in [4.69, 9.17) is 9.15 Å². The maximum absolute atomic E-state index is 12.3. The average Bonchev–Trinajstić information content (AvgIpc) is 2.56. The summed E-state index contributed by atoms with van der Waals surface area (Å²) < 4.78 is 10.7. The molecule has 4 nitrogen and oxygen atoms in total. The van der Waals surface area contributed by atoms with E-state index < -0.39 is 0 Å². The third-order valence-corrected chi connectivity index (χ3v) is 4.01. The van der Waals surface area contributed by atoms with Gasteiger partial charge in [0, 0.05) is 11.6 Å². The molecule has 0 unspecified atom stereocenters. The first-order valence-corrected chi connectivity index (χ1v) is 7.51. The number of benzene rings is 1. The highest BCUT2D eigenvalue weighted by Crippen LogP contribution is 2.28. The van der Waals surface area contributed by atoms with Gasteiger partial charge < -0.3 is 9.15 Å². The van der Waals surface area contributed by atoms with E-state index in [-0.39, 0.29) is 17.8 Å². The molecule has 1 heterocycles.